The van der Waals surface area contributed by atoms with Gasteiger partial charge in [0.25, 0.3) is 0 Å². The highest BCUT2D eigenvalue weighted by molar-refractivity contribution is 7.15. The SMILES string of the molecule is N#Cc1ccc(Oc2nc3sccn3c2CO)cc1F. The number of hydrogen-bond acceptors (Lipinski definition) is 5. The zero-order chi connectivity index (χ0) is 14.1. The van der Waals surface area contributed by atoms with Crippen LogP contribution in [0.15, 0.2) is 29.8 Å². The van der Waals surface area contributed by atoms with Gasteiger partial charge in [0.2, 0.25) is 5.88 Å². The van der Waals surface area contributed by atoms with Crippen LogP contribution in [0.4, 0.5) is 4.39 Å². The van der Waals surface area contributed by atoms with Crippen LogP contribution in [0.1, 0.15) is 11.3 Å². The maximum atomic E-state index is 13.5. The summed E-state index contributed by atoms with van der Waals surface area (Å²) in [5.41, 5.74) is 0.441. The molecule has 0 fully saturated rings. The molecule has 0 aliphatic carbocycles. The molecule has 0 radical (unpaired) electrons. The lowest BCUT2D eigenvalue weighted by Crippen LogP contribution is -1.94. The molecule has 1 N–H and O–H groups in total. The summed E-state index contributed by atoms with van der Waals surface area (Å²) in [6.07, 6.45) is 1.77. The Hall–Kier alpha value is -2.43. The van der Waals surface area contributed by atoms with Crippen molar-refractivity contribution in [2.24, 2.45) is 0 Å². The molecule has 3 rings (SSSR count). The van der Waals surface area contributed by atoms with E-state index in [9.17, 15) is 9.50 Å². The highest BCUT2D eigenvalue weighted by atomic mass is 32.1. The average Bonchev–Trinajstić information content (AvgIpc) is 2.99. The van der Waals surface area contributed by atoms with Crippen LogP contribution in [-0.4, -0.2) is 14.5 Å². The predicted molar refractivity (Wildman–Crippen MR) is 70.2 cm³/mol. The summed E-state index contributed by atoms with van der Waals surface area (Å²) in [6.45, 7) is -0.244. The second-order valence-corrected chi connectivity index (χ2v) is 4.81. The lowest BCUT2D eigenvalue weighted by molar-refractivity contribution is 0.269. The summed E-state index contributed by atoms with van der Waals surface area (Å²) in [7, 11) is 0. The van der Waals surface area contributed by atoms with E-state index >= 15 is 0 Å². The van der Waals surface area contributed by atoms with E-state index in [1.807, 2.05) is 5.38 Å². The number of nitrogens with zero attached hydrogens (tertiary/aromatic N) is 3. The van der Waals surface area contributed by atoms with Crippen LogP contribution in [0.25, 0.3) is 4.96 Å². The normalized spacial score (nSPS) is 10.7. The smallest absolute Gasteiger partial charge is 0.244 e. The van der Waals surface area contributed by atoms with Crippen molar-refractivity contribution < 1.29 is 14.2 Å². The Morgan fingerprint density at radius 1 is 1.50 bits per heavy atom. The van der Waals surface area contributed by atoms with Gasteiger partial charge in [-0.05, 0) is 12.1 Å². The van der Waals surface area contributed by atoms with Gasteiger partial charge in [-0.2, -0.15) is 10.2 Å². The number of ether oxygens (including phenoxy) is 1. The van der Waals surface area contributed by atoms with Crippen molar-refractivity contribution in [3.05, 3.63) is 46.9 Å². The van der Waals surface area contributed by atoms with Gasteiger partial charge < -0.3 is 9.84 Å². The minimum atomic E-state index is -0.656. The van der Waals surface area contributed by atoms with E-state index in [1.54, 1.807) is 16.7 Å². The van der Waals surface area contributed by atoms with E-state index in [-0.39, 0.29) is 23.8 Å². The molecule has 1 aromatic carbocycles. The third-order valence-electron chi connectivity index (χ3n) is 2.75. The Labute approximate surface area is 117 Å². The molecule has 0 spiro atoms. The number of aliphatic hydroxyl groups is 1. The van der Waals surface area contributed by atoms with E-state index in [0.717, 1.165) is 6.07 Å². The van der Waals surface area contributed by atoms with Gasteiger partial charge in [-0.15, -0.1) is 11.3 Å². The Balaban J connectivity index is 1.98. The monoisotopic (exact) mass is 289 g/mol. The van der Waals surface area contributed by atoms with Crippen molar-refractivity contribution in [2.45, 2.75) is 6.61 Å². The van der Waals surface area contributed by atoms with Crippen LogP contribution in [0.3, 0.4) is 0 Å². The topological polar surface area (TPSA) is 70.5 Å². The van der Waals surface area contributed by atoms with Crippen LogP contribution in [-0.2, 0) is 6.61 Å². The molecule has 7 heteroatoms. The maximum absolute atomic E-state index is 13.5. The van der Waals surface area contributed by atoms with Crippen LogP contribution in [0, 0.1) is 17.1 Å². The first-order valence-electron chi connectivity index (χ1n) is 5.65. The van der Waals surface area contributed by atoms with Crippen molar-refractivity contribution in [3.63, 3.8) is 0 Å². The summed E-state index contributed by atoms with van der Waals surface area (Å²) >= 11 is 1.40. The first kappa shape index (κ1) is 12.6. The molecule has 2 aromatic heterocycles. The van der Waals surface area contributed by atoms with Crippen molar-refractivity contribution >= 4 is 16.3 Å². The first-order chi connectivity index (χ1) is 9.72. The minimum absolute atomic E-state index is 0.0504. The van der Waals surface area contributed by atoms with Gasteiger partial charge in [0.15, 0.2) is 4.96 Å². The van der Waals surface area contributed by atoms with E-state index in [0.29, 0.717) is 10.7 Å². The Kier molecular flexibility index (Phi) is 3.10. The summed E-state index contributed by atoms with van der Waals surface area (Å²) in [6, 6.07) is 5.67. The van der Waals surface area contributed by atoms with Gasteiger partial charge in [-0.3, -0.25) is 4.40 Å². The molecular formula is C13H8FN3O2S. The molecular weight excluding hydrogens is 281 g/mol. The fourth-order valence-electron chi connectivity index (χ4n) is 1.80. The standard InChI is InChI=1S/C13H8FN3O2S/c14-10-5-9(2-1-8(10)6-15)19-12-11(7-18)17-3-4-20-13(17)16-12/h1-5,18H,7H2. The van der Waals surface area contributed by atoms with Crippen molar-refractivity contribution in [1.82, 2.24) is 9.38 Å². The number of hydrogen-bond donors (Lipinski definition) is 1. The van der Waals surface area contributed by atoms with E-state index in [1.165, 1.54) is 23.5 Å². The second kappa shape index (κ2) is 4.92. The van der Waals surface area contributed by atoms with E-state index in [4.69, 9.17) is 10.00 Å². The molecule has 0 unspecified atom stereocenters. The molecule has 100 valence electrons. The van der Waals surface area contributed by atoms with Gasteiger partial charge in [0, 0.05) is 17.6 Å². The lowest BCUT2D eigenvalue weighted by Gasteiger charge is -2.05. The average molecular weight is 289 g/mol. The van der Waals surface area contributed by atoms with Crippen LogP contribution in [0.5, 0.6) is 11.6 Å². The summed E-state index contributed by atoms with van der Waals surface area (Å²) in [5, 5.41) is 19.9. The summed E-state index contributed by atoms with van der Waals surface area (Å²) in [4.78, 5) is 4.90. The quantitative estimate of drug-likeness (QED) is 0.804. The predicted octanol–water partition coefficient (Wildman–Crippen LogP) is 2.69. The minimum Gasteiger partial charge on any atom is -0.437 e. The Bertz CT molecular complexity index is 819. The van der Waals surface area contributed by atoms with Crippen molar-refractivity contribution in [3.8, 4) is 17.7 Å². The molecule has 0 bridgehead atoms. The highest BCUT2D eigenvalue weighted by Gasteiger charge is 2.15. The van der Waals surface area contributed by atoms with E-state index in [2.05, 4.69) is 4.98 Å². The maximum Gasteiger partial charge on any atom is 0.244 e. The molecule has 3 aromatic rings. The van der Waals surface area contributed by atoms with E-state index < -0.39 is 5.82 Å². The number of fused-ring (bicyclic) bond motifs is 1. The molecule has 0 aliphatic rings. The van der Waals surface area contributed by atoms with Gasteiger partial charge >= 0.3 is 0 Å². The second-order valence-electron chi connectivity index (χ2n) is 3.93. The summed E-state index contributed by atoms with van der Waals surface area (Å²) < 4.78 is 20.7. The van der Waals surface area contributed by atoms with Gasteiger partial charge in [0.1, 0.15) is 23.3 Å². The number of aromatic nitrogens is 2. The Morgan fingerprint density at radius 2 is 2.35 bits per heavy atom. The van der Waals surface area contributed by atoms with Gasteiger partial charge in [-0.25, -0.2) is 4.39 Å². The highest BCUT2D eigenvalue weighted by Crippen LogP contribution is 2.28. The fourth-order valence-corrected chi connectivity index (χ4v) is 2.52. The number of halogens is 1. The number of imidazole rings is 1. The zero-order valence-electron chi connectivity index (χ0n) is 10.1. The van der Waals surface area contributed by atoms with Gasteiger partial charge in [-0.1, -0.05) is 0 Å². The number of nitriles is 1. The first-order valence-corrected chi connectivity index (χ1v) is 6.53. The molecule has 2 heterocycles. The zero-order valence-corrected chi connectivity index (χ0v) is 10.9. The fraction of sp³-hybridized carbons (Fsp3) is 0.0769. The van der Waals surface area contributed by atoms with Crippen LogP contribution >= 0.6 is 11.3 Å². The Morgan fingerprint density at radius 3 is 3.05 bits per heavy atom. The van der Waals surface area contributed by atoms with Crippen molar-refractivity contribution in [2.75, 3.05) is 0 Å². The molecule has 0 atom stereocenters. The third-order valence-corrected chi connectivity index (χ3v) is 3.51. The number of rotatable bonds is 3. The van der Waals surface area contributed by atoms with Gasteiger partial charge in [0.05, 0.1) is 12.2 Å². The molecule has 20 heavy (non-hydrogen) atoms. The van der Waals surface area contributed by atoms with Crippen LogP contribution in [0.2, 0.25) is 0 Å². The molecule has 0 amide bonds. The molecule has 5 nitrogen and oxygen atoms in total. The number of aliphatic hydroxyl groups excluding tert-OH is 1. The number of benzene rings is 1. The molecule has 0 aliphatic heterocycles. The lowest BCUT2D eigenvalue weighted by atomic mass is 10.2. The van der Waals surface area contributed by atoms with Crippen LogP contribution < -0.4 is 4.74 Å². The largest absolute Gasteiger partial charge is 0.437 e. The summed E-state index contributed by atoms with van der Waals surface area (Å²) in [5.74, 6) is -0.206. The van der Waals surface area contributed by atoms with Crippen molar-refractivity contribution in [1.29, 1.82) is 5.26 Å². The molecule has 0 saturated heterocycles. The number of thiazole rings is 1. The third kappa shape index (κ3) is 2.01. The molecule has 0 saturated carbocycles.